The van der Waals surface area contributed by atoms with E-state index in [0.717, 1.165) is 4.90 Å². The van der Waals surface area contributed by atoms with E-state index in [9.17, 15) is 9.59 Å². The van der Waals surface area contributed by atoms with Gasteiger partial charge < -0.3 is 10.1 Å². The summed E-state index contributed by atoms with van der Waals surface area (Å²) in [6.07, 6.45) is 0.676. The third-order valence-electron chi connectivity index (χ3n) is 3.31. The molecule has 24 heavy (non-hydrogen) atoms. The van der Waals surface area contributed by atoms with Crippen LogP contribution < -0.4 is 5.32 Å². The molecule has 6 heteroatoms. The van der Waals surface area contributed by atoms with E-state index in [1.807, 2.05) is 19.1 Å². The van der Waals surface area contributed by atoms with Gasteiger partial charge in [-0.2, -0.15) is 0 Å². The molecule has 0 saturated heterocycles. The second kappa shape index (κ2) is 8.76. The van der Waals surface area contributed by atoms with Gasteiger partial charge in [0.05, 0.1) is 17.9 Å². The number of rotatable bonds is 6. The number of halogens is 1. The van der Waals surface area contributed by atoms with Gasteiger partial charge in [0.1, 0.15) is 0 Å². The number of carbonyl (C=O) groups excluding carboxylic acids is 2. The van der Waals surface area contributed by atoms with Crippen molar-refractivity contribution in [3.05, 3.63) is 59.1 Å². The van der Waals surface area contributed by atoms with Crippen LogP contribution in [0.5, 0.6) is 0 Å². The number of benzene rings is 2. The summed E-state index contributed by atoms with van der Waals surface area (Å²) in [5, 5.41) is 3.27. The van der Waals surface area contributed by atoms with Crippen molar-refractivity contribution in [1.82, 2.24) is 0 Å². The van der Waals surface area contributed by atoms with Crippen LogP contribution in [-0.2, 0) is 9.53 Å². The van der Waals surface area contributed by atoms with Gasteiger partial charge in [-0.3, -0.25) is 4.79 Å². The summed E-state index contributed by atoms with van der Waals surface area (Å²) in [4.78, 5) is 25.0. The first-order chi connectivity index (χ1) is 11.5. The molecule has 2 rings (SSSR count). The Balaban J connectivity index is 2.06. The summed E-state index contributed by atoms with van der Waals surface area (Å²) >= 11 is 7.36. The molecule has 0 aromatic heterocycles. The first-order valence-electron chi connectivity index (χ1n) is 7.45. The van der Waals surface area contributed by atoms with E-state index >= 15 is 0 Å². The maximum Gasteiger partial charge on any atom is 0.337 e. The summed E-state index contributed by atoms with van der Waals surface area (Å²) in [6, 6.07) is 14.1. The summed E-state index contributed by atoms with van der Waals surface area (Å²) in [5.41, 5.74) is 0.965. The molecule has 0 spiro atoms. The normalized spacial score (nSPS) is 11.6. The zero-order valence-corrected chi connectivity index (χ0v) is 15.0. The number of amides is 1. The molecule has 0 aliphatic carbocycles. The number of hydrogen-bond acceptors (Lipinski definition) is 4. The van der Waals surface area contributed by atoms with Gasteiger partial charge in [-0.15, -0.1) is 11.8 Å². The van der Waals surface area contributed by atoms with Crippen LogP contribution in [0, 0.1) is 0 Å². The largest absolute Gasteiger partial charge is 0.465 e. The molecule has 4 nitrogen and oxygen atoms in total. The van der Waals surface area contributed by atoms with Crippen LogP contribution in [0.1, 0.15) is 23.7 Å². The van der Waals surface area contributed by atoms with Crippen molar-refractivity contribution in [2.24, 2.45) is 0 Å². The lowest BCUT2D eigenvalue weighted by Crippen LogP contribution is -2.24. The Labute approximate surface area is 150 Å². The lowest BCUT2D eigenvalue weighted by atomic mass is 10.2. The minimum absolute atomic E-state index is 0.112. The van der Waals surface area contributed by atoms with Crippen molar-refractivity contribution < 1.29 is 14.3 Å². The van der Waals surface area contributed by atoms with Crippen LogP contribution in [0.25, 0.3) is 0 Å². The average molecular weight is 364 g/mol. The Morgan fingerprint density at radius 3 is 2.54 bits per heavy atom. The van der Waals surface area contributed by atoms with Crippen molar-refractivity contribution in [2.75, 3.05) is 12.4 Å². The van der Waals surface area contributed by atoms with E-state index in [1.165, 1.54) is 18.9 Å². The second-order valence-corrected chi connectivity index (χ2v) is 6.74. The van der Waals surface area contributed by atoms with Gasteiger partial charge in [-0.05, 0) is 48.9 Å². The number of esters is 1. The fourth-order valence-electron chi connectivity index (χ4n) is 2.06. The van der Waals surface area contributed by atoms with Crippen LogP contribution in [0.15, 0.2) is 53.4 Å². The first kappa shape index (κ1) is 18.4. The van der Waals surface area contributed by atoms with Crippen LogP contribution >= 0.6 is 23.4 Å². The SMILES string of the molecule is CC[C@@H](Sc1ccc(Cl)cc1)C(=O)Nc1cccc(C(=O)OC)c1. The fourth-order valence-corrected chi connectivity index (χ4v) is 3.14. The standard InChI is InChI=1S/C18H18ClNO3S/c1-3-16(24-15-9-7-13(19)8-10-15)17(21)20-14-6-4-5-12(11-14)18(22)23-2/h4-11,16H,3H2,1-2H3,(H,20,21)/t16-/m1/s1. The number of methoxy groups -OCH3 is 1. The molecular formula is C18H18ClNO3S. The van der Waals surface area contributed by atoms with Crippen LogP contribution in [-0.4, -0.2) is 24.2 Å². The number of hydrogen-bond donors (Lipinski definition) is 1. The number of thioether (sulfide) groups is 1. The van der Waals surface area contributed by atoms with Crippen LogP contribution in [0.3, 0.4) is 0 Å². The quantitative estimate of drug-likeness (QED) is 0.600. The second-order valence-electron chi connectivity index (χ2n) is 5.03. The van der Waals surface area contributed by atoms with Gasteiger partial charge in [0.15, 0.2) is 0 Å². The molecule has 2 aromatic rings. The summed E-state index contributed by atoms with van der Waals surface area (Å²) in [5.74, 6) is -0.548. The lowest BCUT2D eigenvalue weighted by Gasteiger charge is -2.15. The molecule has 0 unspecified atom stereocenters. The minimum atomic E-state index is -0.436. The van der Waals surface area contributed by atoms with E-state index in [1.54, 1.807) is 36.4 Å². The van der Waals surface area contributed by atoms with Crippen molar-refractivity contribution in [1.29, 1.82) is 0 Å². The fraction of sp³-hybridized carbons (Fsp3) is 0.222. The van der Waals surface area contributed by atoms with Gasteiger partial charge in [0.2, 0.25) is 5.91 Å². The van der Waals surface area contributed by atoms with Crippen molar-refractivity contribution in [3.63, 3.8) is 0 Å². The molecule has 1 atom stereocenters. The molecule has 2 aromatic carbocycles. The number of ether oxygens (including phenoxy) is 1. The van der Waals surface area contributed by atoms with Gasteiger partial charge >= 0.3 is 5.97 Å². The van der Waals surface area contributed by atoms with Crippen LogP contribution in [0.2, 0.25) is 5.02 Å². The molecule has 1 amide bonds. The van der Waals surface area contributed by atoms with Gasteiger partial charge in [-0.1, -0.05) is 24.6 Å². The van der Waals surface area contributed by atoms with E-state index in [0.29, 0.717) is 22.7 Å². The molecule has 0 aliphatic heterocycles. The number of carbonyl (C=O) groups is 2. The third-order valence-corrected chi connectivity index (χ3v) is 4.93. The third kappa shape index (κ3) is 5.01. The Morgan fingerprint density at radius 1 is 1.21 bits per heavy atom. The monoisotopic (exact) mass is 363 g/mol. The zero-order valence-electron chi connectivity index (χ0n) is 13.4. The van der Waals surface area contributed by atoms with E-state index < -0.39 is 5.97 Å². The minimum Gasteiger partial charge on any atom is -0.465 e. The van der Waals surface area contributed by atoms with Crippen molar-refractivity contribution in [2.45, 2.75) is 23.5 Å². The van der Waals surface area contributed by atoms with E-state index in [-0.39, 0.29) is 11.2 Å². The predicted molar refractivity (Wildman–Crippen MR) is 97.8 cm³/mol. The maximum atomic E-state index is 12.5. The zero-order chi connectivity index (χ0) is 17.5. The average Bonchev–Trinajstić information content (AvgIpc) is 2.60. The van der Waals surface area contributed by atoms with E-state index in [4.69, 9.17) is 11.6 Å². The van der Waals surface area contributed by atoms with Gasteiger partial charge in [-0.25, -0.2) is 4.79 Å². The smallest absolute Gasteiger partial charge is 0.337 e. The molecule has 126 valence electrons. The highest BCUT2D eigenvalue weighted by atomic mass is 35.5. The molecule has 0 heterocycles. The summed E-state index contributed by atoms with van der Waals surface area (Å²) in [6.45, 7) is 1.96. The van der Waals surface area contributed by atoms with Gasteiger partial charge in [0, 0.05) is 15.6 Å². The summed E-state index contributed by atoms with van der Waals surface area (Å²) < 4.78 is 4.69. The Kier molecular flexibility index (Phi) is 6.70. The summed E-state index contributed by atoms with van der Waals surface area (Å²) in [7, 11) is 1.32. The highest BCUT2D eigenvalue weighted by molar-refractivity contribution is 8.00. The molecule has 0 bridgehead atoms. The Bertz CT molecular complexity index is 718. The van der Waals surface area contributed by atoms with Gasteiger partial charge in [0.25, 0.3) is 0 Å². The lowest BCUT2D eigenvalue weighted by molar-refractivity contribution is -0.115. The first-order valence-corrected chi connectivity index (χ1v) is 8.70. The molecule has 0 saturated carbocycles. The highest BCUT2D eigenvalue weighted by Gasteiger charge is 2.18. The van der Waals surface area contributed by atoms with Crippen LogP contribution in [0.4, 0.5) is 5.69 Å². The number of nitrogens with one attached hydrogen (secondary N) is 1. The Hall–Kier alpha value is -1.98. The number of anilines is 1. The highest BCUT2D eigenvalue weighted by Crippen LogP contribution is 2.27. The molecular weight excluding hydrogens is 346 g/mol. The van der Waals surface area contributed by atoms with E-state index in [2.05, 4.69) is 10.1 Å². The molecule has 0 aliphatic rings. The predicted octanol–water partition coefficient (Wildman–Crippen LogP) is 4.64. The van der Waals surface area contributed by atoms with Crippen molar-refractivity contribution >= 4 is 40.9 Å². The molecule has 1 N–H and O–H groups in total. The molecule has 0 radical (unpaired) electrons. The molecule has 0 fully saturated rings. The topological polar surface area (TPSA) is 55.4 Å². The Morgan fingerprint density at radius 2 is 1.92 bits per heavy atom. The maximum absolute atomic E-state index is 12.5. The van der Waals surface area contributed by atoms with Crippen molar-refractivity contribution in [3.8, 4) is 0 Å².